The van der Waals surface area contributed by atoms with Gasteiger partial charge in [0.05, 0.1) is 19.8 Å². The average molecular weight is 295 g/mol. The van der Waals surface area contributed by atoms with E-state index >= 15 is 0 Å². The zero-order valence-corrected chi connectivity index (χ0v) is 12.0. The van der Waals surface area contributed by atoms with Gasteiger partial charge in [-0.15, -0.1) is 11.3 Å². The van der Waals surface area contributed by atoms with Crippen LogP contribution in [0.1, 0.15) is 4.88 Å². The molecule has 0 amide bonds. The Morgan fingerprint density at radius 2 is 2.10 bits per heavy atom. The number of hydrogen-bond acceptors (Lipinski definition) is 4. The van der Waals surface area contributed by atoms with Crippen LogP contribution < -0.4 is 5.32 Å². The molecule has 2 N–H and O–H groups in total. The Hall–Kier alpha value is -1.27. The largest absolute Gasteiger partial charge is 0.394 e. The zero-order valence-electron chi connectivity index (χ0n) is 11.1. The molecule has 0 spiro atoms. The van der Waals surface area contributed by atoms with E-state index in [0.29, 0.717) is 13.2 Å². The Balaban J connectivity index is 1.80. The minimum absolute atomic E-state index is 0.0575. The van der Waals surface area contributed by atoms with E-state index in [1.54, 1.807) is 23.5 Å². The predicted molar refractivity (Wildman–Crippen MR) is 79.3 cm³/mol. The molecule has 0 aliphatic carbocycles. The van der Waals surface area contributed by atoms with Crippen LogP contribution in [0.5, 0.6) is 0 Å². The van der Waals surface area contributed by atoms with Crippen LogP contribution in [0.4, 0.5) is 4.39 Å². The van der Waals surface area contributed by atoms with Gasteiger partial charge < -0.3 is 15.2 Å². The number of aliphatic hydroxyl groups excluding tert-OH is 1. The smallest absolute Gasteiger partial charge is 0.123 e. The summed E-state index contributed by atoms with van der Waals surface area (Å²) in [4.78, 5) is 2.27. The molecule has 0 bridgehead atoms. The molecule has 0 aliphatic rings. The molecular weight excluding hydrogens is 277 g/mol. The van der Waals surface area contributed by atoms with Gasteiger partial charge in [0, 0.05) is 22.8 Å². The predicted octanol–water partition coefficient (Wildman–Crippen LogP) is 2.65. The molecule has 0 fully saturated rings. The van der Waals surface area contributed by atoms with Crippen molar-refractivity contribution in [1.29, 1.82) is 0 Å². The maximum absolute atomic E-state index is 13.2. The summed E-state index contributed by atoms with van der Waals surface area (Å²) in [6.45, 7) is 2.53. The third-order valence-corrected chi connectivity index (χ3v) is 3.86. The van der Waals surface area contributed by atoms with Gasteiger partial charge in [-0.05, 0) is 29.8 Å². The van der Waals surface area contributed by atoms with Gasteiger partial charge >= 0.3 is 0 Å². The van der Waals surface area contributed by atoms with Gasteiger partial charge in [0.1, 0.15) is 5.82 Å². The second kappa shape index (κ2) is 8.11. The Bertz CT molecular complexity index is 530. The van der Waals surface area contributed by atoms with Crippen molar-refractivity contribution >= 4 is 11.3 Å². The molecule has 1 aromatic heterocycles. The van der Waals surface area contributed by atoms with Crippen molar-refractivity contribution < 1.29 is 14.2 Å². The van der Waals surface area contributed by atoms with Crippen LogP contribution in [0.25, 0.3) is 10.4 Å². The van der Waals surface area contributed by atoms with Gasteiger partial charge in [0.15, 0.2) is 0 Å². The monoisotopic (exact) mass is 295 g/mol. The number of ether oxygens (including phenoxy) is 1. The lowest BCUT2D eigenvalue weighted by Gasteiger charge is -2.03. The molecule has 0 aliphatic heterocycles. The van der Waals surface area contributed by atoms with Crippen LogP contribution in [-0.4, -0.2) is 31.5 Å². The molecule has 0 unspecified atom stereocenters. The molecule has 0 atom stereocenters. The topological polar surface area (TPSA) is 41.5 Å². The number of thiophene rings is 1. The minimum atomic E-state index is -0.211. The Morgan fingerprint density at radius 1 is 1.20 bits per heavy atom. The number of nitrogens with one attached hydrogen (secondary N) is 1. The van der Waals surface area contributed by atoms with Crippen LogP contribution in [0.15, 0.2) is 36.4 Å². The van der Waals surface area contributed by atoms with Crippen molar-refractivity contribution in [3.8, 4) is 10.4 Å². The highest BCUT2D eigenvalue weighted by Gasteiger charge is 2.03. The Morgan fingerprint density at radius 3 is 2.90 bits per heavy atom. The van der Waals surface area contributed by atoms with E-state index in [-0.39, 0.29) is 12.4 Å². The molecular formula is C15H18FNO2S. The normalized spacial score (nSPS) is 10.9. The minimum Gasteiger partial charge on any atom is -0.394 e. The van der Waals surface area contributed by atoms with E-state index in [0.717, 1.165) is 23.5 Å². The summed E-state index contributed by atoms with van der Waals surface area (Å²) in [5.41, 5.74) is 0.910. The van der Waals surface area contributed by atoms with Crippen molar-refractivity contribution in [2.24, 2.45) is 0 Å². The fourth-order valence-electron chi connectivity index (χ4n) is 1.79. The summed E-state index contributed by atoms with van der Waals surface area (Å²) in [7, 11) is 0. The molecule has 20 heavy (non-hydrogen) atoms. The second-order valence-electron chi connectivity index (χ2n) is 4.29. The van der Waals surface area contributed by atoms with Gasteiger partial charge in [-0.25, -0.2) is 4.39 Å². The molecule has 0 saturated heterocycles. The second-order valence-corrected chi connectivity index (χ2v) is 5.46. The fraction of sp³-hybridized carbons (Fsp3) is 0.333. The highest BCUT2D eigenvalue weighted by atomic mass is 32.1. The van der Waals surface area contributed by atoms with Crippen LogP contribution in [-0.2, 0) is 11.3 Å². The lowest BCUT2D eigenvalue weighted by atomic mass is 10.2. The number of rotatable bonds is 8. The Kier molecular flexibility index (Phi) is 6.14. The standard InChI is InChI=1S/C15H18FNO2S/c16-13-3-1-2-12(10-13)15-5-4-14(20-15)11-17-6-8-19-9-7-18/h1-5,10,17-18H,6-9,11H2. The first-order valence-electron chi connectivity index (χ1n) is 6.53. The first-order valence-corrected chi connectivity index (χ1v) is 7.35. The number of aliphatic hydroxyl groups is 1. The maximum atomic E-state index is 13.2. The molecule has 108 valence electrons. The molecule has 2 rings (SSSR count). The fourth-order valence-corrected chi connectivity index (χ4v) is 2.77. The zero-order chi connectivity index (χ0) is 14.2. The van der Waals surface area contributed by atoms with Gasteiger partial charge in [-0.3, -0.25) is 0 Å². The maximum Gasteiger partial charge on any atom is 0.123 e. The first kappa shape index (κ1) is 15.1. The molecule has 0 radical (unpaired) electrons. The molecule has 1 heterocycles. The average Bonchev–Trinajstić information content (AvgIpc) is 2.91. The van der Waals surface area contributed by atoms with Crippen molar-refractivity contribution in [2.75, 3.05) is 26.4 Å². The summed E-state index contributed by atoms with van der Waals surface area (Å²) in [5, 5.41) is 11.8. The van der Waals surface area contributed by atoms with Crippen LogP contribution in [0.3, 0.4) is 0 Å². The van der Waals surface area contributed by atoms with Crippen molar-refractivity contribution in [3.05, 3.63) is 47.1 Å². The van der Waals surface area contributed by atoms with E-state index in [1.807, 2.05) is 18.2 Å². The lowest BCUT2D eigenvalue weighted by molar-refractivity contribution is 0.0938. The lowest BCUT2D eigenvalue weighted by Crippen LogP contribution is -2.19. The van der Waals surface area contributed by atoms with E-state index in [9.17, 15) is 4.39 Å². The molecule has 5 heteroatoms. The van der Waals surface area contributed by atoms with Crippen LogP contribution in [0.2, 0.25) is 0 Å². The van der Waals surface area contributed by atoms with Gasteiger partial charge in [-0.1, -0.05) is 12.1 Å². The van der Waals surface area contributed by atoms with Crippen molar-refractivity contribution in [1.82, 2.24) is 5.32 Å². The van der Waals surface area contributed by atoms with Gasteiger partial charge in [0.25, 0.3) is 0 Å². The summed E-state index contributed by atoms with van der Waals surface area (Å²) in [6, 6.07) is 10.7. The molecule has 0 saturated carbocycles. The van der Waals surface area contributed by atoms with E-state index < -0.39 is 0 Å². The third kappa shape index (κ3) is 4.68. The summed E-state index contributed by atoms with van der Waals surface area (Å²) >= 11 is 1.65. The van der Waals surface area contributed by atoms with E-state index in [2.05, 4.69) is 5.32 Å². The van der Waals surface area contributed by atoms with Crippen LogP contribution in [0, 0.1) is 5.82 Å². The Labute approximate surface area is 122 Å². The first-order chi connectivity index (χ1) is 9.79. The van der Waals surface area contributed by atoms with Gasteiger partial charge in [-0.2, -0.15) is 0 Å². The summed E-state index contributed by atoms with van der Waals surface area (Å²) in [6.07, 6.45) is 0. The van der Waals surface area contributed by atoms with Crippen LogP contribution >= 0.6 is 11.3 Å². The van der Waals surface area contributed by atoms with E-state index in [1.165, 1.54) is 10.9 Å². The summed E-state index contributed by atoms with van der Waals surface area (Å²) in [5.74, 6) is -0.211. The number of hydrogen-bond donors (Lipinski definition) is 2. The number of halogens is 1. The van der Waals surface area contributed by atoms with Crippen molar-refractivity contribution in [3.63, 3.8) is 0 Å². The highest BCUT2D eigenvalue weighted by Crippen LogP contribution is 2.28. The number of benzene rings is 1. The molecule has 3 nitrogen and oxygen atoms in total. The third-order valence-electron chi connectivity index (χ3n) is 2.73. The molecule has 2 aromatic rings. The highest BCUT2D eigenvalue weighted by molar-refractivity contribution is 7.15. The molecule has 1 aromatic carbocycles. The quantitative estimate of drug-likeness (QED) is 0.736. The van der Waals surface area contributed by atoms with Crippen molar-refractivity contribution in [2.45, 2.75) is 6.54 Å². The SMILES string of the molecule is OCCOCCNCc1ccc(-c2cccc(F)c2)s1. The van der Waals surface area contributed by atoms with Gasteiger partial charge in [0.2, 0.25) is 0 Å². The summed E-state index contributed by atoms with van der Waals surface area (Å²) < 4.78 is 18.3. The van der Waals surface area contributed by atoms with E-state index in [4.69, 9.17) is 9.84 Å².